The monoisotopic (exact) mass is 704 g/mol. The molecule has 1 aromatic carbocycles. The molecule has 3 aliphatic heterocycles. The van der Waals surface area contributed by atoms with Crippen LogP contribution in [0.4, 0.5) is 10.1 Å². The summed E-state index contributed by atoms with van der Waals surface area (Å²) in [5.41, 5.74) is 2.10. The number of carbonyl (C=O) groups excluding carboxylic acids is 1. The number of carbonyl (C=O) groups is 1. The first-order chi connectivity index (χ1) is 23.1. The number of hydrogen-bond acceptors (Lipinski definition) is 9. The van der Waals surface area contributed by atoms with Gasteiger partial charge in [0.2, 0.25) is 10.0 Å². The molecule has 3 aliphatic rings. The van der Waals surface area contributed by atoms with Gasteiger partial charge in [-0.05, 0) is 93.5 Å². The van der Waals surface area contributed by atoms with Gasteiger partial charge in [0.15, 0.2) is 5.88 Å². The molecule has 2 fully saturated rings. The number of likely N-dealkylation sites (N-methyl/N-ethyl adjacent to an activating group) is 1. The van der Waals surface area contributed by atoms with Crippen LogP contribution in [0, 0.1) is 23.6 Å². The molecule has 5 atom stereocenters. The second kappa shape index (κ2) is 17.3. The summed E-state index contributed by atoms with van der Waals surface area (Å²) < 4.78 is 52.7. The van der Waals surface area contributed by atoms with Gasteiger partial charge in [0.05, 0.1) is 18.8 Å². The standard InChI is InChI=1S/C37H57FN4O6S/c1-26-8-10-34(43)24-36(44)48-37(27(2)9-11-35(26)47-29(4)41-18-16-39(5)17-19-41)28(3)20-31-21-32(38)23-33(22-31)40(6)25-30-12-14-42(15-13-30)49(7,45)46/h9,11,20-23,26-27,30,34-35,37,43H,4,8,10,12-19,24-25H2,1-3,5-7H3/b11-9+,28-20+/t26?,27?,34?,35-,37-/m0/s1. The predicted molar refractivity (Wildman–Crippen MR) is 193 cm³/mol. The fourth-order valence-electron chi connectivity index (χ4n) is 6.90. The Morgan fingerprint density at radius 3 is 2.41 bits per heavy atom. The van der Waals surface area contributed by atoms with E-state index in [1.807, 2.05) is 50.1 Å². The maximum atomic E-state index is 15.0. The Labute approximate surface area is 293 Å². The van der Waals surface area contributed by atoms with E-state index < -0.39 is 28.2 Å². The van der Waals surface area contributed by atoms with Crippen LogP contribution in [0.5, 0.6) is 0 Å². The molecule has 0 radical (unpaired) electrons. The van der Waals surface area contributed by atoms with Crippen molar-refractivity contribution in [1.82, 2.24) is 14.1 Å². The molecule has 12 heteroatoms. The highest BCUT2D eigenvalue weighted by Gasteiger charge is 2.29. The fourth-order valence-corrected chi connectivity index (χ4v) is 7.77. The lowest BCUT2D eigenvalue weighted by Gasteiger charge is -2.36. The van der Waals surface area contributed by atoms with Gasteiger partial charge in [-0.15, -0.1) is 0 Å². The first-order valence-electron chi connectivity index (χ1n) is 17.6. The highest BCUT2D eigenvalue weighted by atomic mass is 32.2. The van der Waals surface area contributed by atoms with Gasteiger partial charge < -0.3 is 29.3 Å². The molecule has 274 valence electrons. The van der Waals surface area contributed by atoms with Crippen LogP contribution in [-0.2, 0) is 24.3 Å². The Morgan fingerprint density at radius 1 is 1.08 bits per heavy atom. The molecule has 1 N–H and O–H groups in total. The van der Waals surface area contributed by atoms with E-state index in [0.717, 1.165) is 44.6 Å². The van der Waals surface area contributed by atoms with Crippen molar-refractivity contribution >= 4 is 27.8 Å². The number of nitrogens with zero attached hydrogens (tertiary/aromatic N) is 4. The van der Waals surface area contributed by atoms with Gasteiger partial charge in [-0.1, -0.05) is 26.0 Å². The highest BCUT2D eigenvalue weighted by molar-refractivity contribution is 7.88. The third-order valence-electron chi connectivity index (χ3n) is 10.2. The van der Waals surface area contributed by atoms with Crippen LogP contribution in [0.1, 0.15) is 58.4 Å². The van der Waals surface area contributed by atoms with Gasteiger partial charge in [0.25, 0.3) is 0 Å². The quantitative estimate of drug-likeness (QED) is 0.222. The van der Waals surface area contributed by atoms with E-state index in [2.05, 4.69) is 30.4 Å². The van der Waals surface area contributed by atoms with Crippen molar-refractivity contribution in [3.63, 3.8) is 0 Å². The normalized spacial score (nSPS) is 28.2. The van der Waals surface area contributed by atoms with Gasteiger partial charge >= 0.3 is 5.97 Å². The van der Waals surface area contributed by atoms with Crippen molar-refractivity contribution in [1.29, 1.82) is 0 Å². The maximum absolute atomic E-state index is 15.0. The maximum Gasteiger partial charge on any atom is 0.309 e. The summed E-state index contributed by atoms with van der Waals surface area (Å²) in [6.07, 6.45) is 7.89. The van der Waals surface area contributed by atoms with Crippen LogP contribution in [0.15, 0.2) is 48.4 Å². The Balaban J connectivity index is 1.51. The van der Waals surface area contributed by atoms with E-state index in [0.29, 0.717) is 55.5 Å². The third kappa shape index (κ3) is 11.6. The van der Waals surface area contributed by atoms with Gasteiger partial charge in [-0.25, -0.2) is 17.1 Å². The number of cyclic esters (lactones) is 1. The average Bonchev–Trinajstić information content (AvgIpc) is 3.03. The van der Waals surface area contributed by atoms with E-state index in [-0.39, 0.29) is 30.2 Å². The Bertz CT molecular complexity index is 1450. The van der Waals surface area contributed by atoms with E-state index in [9.17, 15) is 22.7 Å². The highest BCUT2D eigenvalue weighted by Crippen LogP contribution is 2.29. The molecular weight excluding hydrogens is 647 g/mol. The van der Waals surface area contributed by atoms with Gasteiger partial charge in [-0.3, -0.25) is 4.79 Å². The van der Waals surface area contributed by atoms with Crippen molar-refractivity contribution < 1.29 is 32.2 Å². The van der Waals surface area contributed by atoms with E-state index in [4.69, 9.17) is 9.47 Å². The SMILES string of the molecule is C=C(O[C@H]1/C=C/C(C)[C@@H](/C(C)=C/c2cc(F)cc(N(C)CC3CCN(S(C)(=O)=O)CC3)c2)OC(=O)CC(O)CCC1C)N1CCN(C)CC1. The molecule has 0 amide bonds. The third-order valence-corrected chi connectivity index (χ3v) is 11.5. The number of ether oxygens (including phenoxy) is 2. The van der Waals surface area contributed by atoms with Crippen LogP contribution >= 0.6 is 0 Å². The van der Waals surface area contributed by atoms with E-state index in [1.54, 1.807) is 0 Å². The number of esters is 1. The second-order valence-corrected chi connectivity index (χ2v) is 16.4. The van der Waals surface area contributed by atoms with Gasteiger partial charge in [-0.2, -0.15) is 0 Å². The zero-order chi connectivity index (χ0) is 35.9. The van der Waals surface area contributed by atoms with E-state index in [1.165, 1.54) is 22.7 Å². The van der Waals surface area contributed by atoms with Crippen molar-refractivity contribution in [3.05, 3.63) is 59.8 Å². The van der Waals surface area contributed by atoms with Crippen LogP contribution in [-0.4, -0.2) is 118 Å². The number of sulfonamides is 1. The number of aliphatic hydroxyl groups is 1. The van der Waals surface area contributed by atoms with Crippen molar-refractivity contribution in [2.75, 3.05) is 71.1 Å². The molecular formula is C37H57FN4O6S. The smallest absolute Gasteiger partial charge is 0.309 e. The number of rotatable bonds is 9. The number of piperidine rings is 1. The summed E-state index contributed by atoms with van der Waals surface area (Å²) in [6.45, 7) is 15.4. The van der Waals surface area contributed by atoms with Crippen LogP contribution in [0.3, 0.4) is 0 Å². The number of halogens is 1. The lowest BCUT2D eigenvalue weighted by Crippen LogP contribution is -2.44. The minimum absolute atomic E-state index is 0.0720. The summed E-state index contributed by atoms with van der Waals surface area (Å²) >= 11 is 0. The second-order valence-electron chi connectivity index (χ2n) is 14.5. The molecule has 0 bridgehead atoms. The largest absolute Gasteiger partial charge is 0.472 e. The molecule has 4 rings (SSSR count). The lowest BCUT2D eigenvalue weighted by molar-refractivity contribution is -0.151. The Kier molecular flexibility index (Phi) is 13.7. The minimum Gasteiger partial charge on any atom is -0.472 e. The zero-order valence-electron chi connectivity index (χ0n) is 30.2. The topological polar surface area (TPSA) is 103 Å². The number of piperazine rings is 1. The number of benzene rings is 1. The Morgan fingerprint density at radius 2 is 1.76 bits per heavy atom. The van der Waals surface area contributed by atoms with Crippen LogP contribution in [0.25, 0.3) is 6.08 Å². The molecule has 3 heterocycles. The first kappa shape index (κ1) is 38.9. The van der Waals surface area contributed by atoms with E-state index >= 15 is 0 Å². The molecule has 0 spiro atoms. The molecule has 49 heavy (non-hydrogen) atoms. The molecule has 10 nitrogen and oxygen atoms in total. The van der Waals surface area contributed by atoms with Gasteiger partial charge in [0, 0.05) is 64.5 Å². The summed E-state index contributed by atoms with van der Waals surface area (Å²) in [5, 5.41) is 10.7. The molecule has 0 aromatic heterocycles. The number of hydrogen-bond donors (Lipinski definition) is 1. The molecule has 0 saturated carbocycles. The molecule has 1 aromatic rings. The fraction of sp³-hybridized carbons (Fsp3) is 0.649. The van der Waals surface area contributed by atoms with Gasteiger partial charge in [0.1, 0.15) is 18.0 Å². The van der Waals surface area contributed by atoms with Crippen LogP contribution in [0.2, 0.25) is 0 Å². The van der Waals surface area contributed by atoms with Crippen molar-refractivity contribution in [3.8, 4) is 0 Å². The zero-order valence-corrected chi connectivity index (χ0v) is 31.0. The summed E-state index contributed by atoms with van der Waals surface area (Å²) in [4.78, 5) is 19.4. The first-order valence-corrected chi connectivity index (χ1v) is 19.4. The van der Waals surface area contributed by atoms with Crippen LogP contribution < -0.4 is 4.90 Å². The Hall–Kier alpha value is -2.93. The lowest BCUT2D eigenvalue weighted by atomic mass is 9.91. The predicted octanol–water partition coefficient (Wildman–Crippen LogP) is 4.73. The minimum atomic E-state index is -3.20. The average molecular weight is 705 g/mol. The van der Waals surface area contributed by atoms with Crippen molar-refractivity contribution in [2.24, 2.45) is 17.8 Å². The summed E-state index contributed by atoms with van der Waals surface area (Å²) in [6, 6.07) is 4.87. The summed E-state index contributed by atoms with van der Waals surface area (Å²) in [5.74, 6) is -0.0866. The number of aliphatic hydroxyl groups excluding tert-OH is 1. The van der Waals surface area contributed by atoms with Crippen molar-refractivity contribution in [2.45, 2.75) is 71.2 Å². The molecule has 0 aliphatic carbocycles. The number of anilines is 1. The molecule has 2 saturated heterocycles. The summed E-state index contributed by atoms with van der Waals surface area (Å²) in [7, 11) is 0.827. The molecule has 3 unspecified atom stereocenters.